The summed E-state index contributed by atoms with van der Waals surface area (Å²) in [7, 11) is 1.52. The van der Waals surface area contributed by atoms with Crippen molar-refractivity contribution in [3.8, 4) is 5.75 Å². The van der Waals surface area contributed by atoms with E-state index in [1.165, 1.54) is 32.2 Å². The van der Waals surface area contributed by atoms with Gasteiger partial charge in [-0.15, -0.1) is 0 Å². The molecular formula is C21H22N2O7. The number of nitrogens with zero attached hydrogens (tertiary/aromatic N) is 2. The van der Waals surface area contributed by atoms with E-state index in [0.717, 1.165) is 0 Å². The molecule has 1 heterocycles. The highest BCUT2D eigenvalue weighted by atomic mass is 16.6. The molecule has 0 radical (unpaired) electrons. The molecular weight excluding hydrogens is 392 g/mol. The van der Waals surface area contributed by atoms with Crippen LogP contribution >= 0.6 is 0 Å². The van der Waals surface area contributed by atoms with Crippen molar-refractivity contribution in [2.45, 2.75) is 13.0 Å². The van der Waals surface area contributed by atoms with E-state index in [1.54, 1.807) is 24.3 Å². The molecule has 158 valence electrons. The zero-order valence-corrected chi connectivity index (χ0v) is 16.7. The van der Waals surface area contributed by atoms with E-state index in [9.17, 15) is 19.7 Å². The Bertz CT molecular complexity index is 937. The fraction of sp³-hybridized carbons (Fsp3) is 0.333. The fourth-order valence-electron chi connectivity index (χ4n) is 3.14. The van der Waals surface area contributed by atoms with Crippen LogP contribution < -0.4 is 9.64 Å². The van der Waals surface area contributed by atoms with Gasteiger partial charge in [0.1, 0.15) is 11.4 Å². The number of carbonyl (C=O) groups is 2. The van der Waals surface area contributed by atoms with Crippen LogP contribution in [0.25, 0.3) is 0 Å². The van der Waals surface area contributed by atoms with E-state index < -0.39 is 17.0 Å². The zero-order valence-electron chi connectivity index (χ0n) is 16.7. The second-order valence-corrected chi connectivity index (χ2v) is 6.70. The summed E-state index contributed by atoms with van der Waals surface area (Å²) in [5.41, 5.74) is 0.598. The van der Waals surface area contributed by atoms with Gasteiger partial charge in [0.15, 0.2) is 6.10 Å². The van der Waals surface area contributed by atoms with Crippen molar-refractivity contribution in [3.63, 3.8) is 0 Å². The topological polar surface area (TPSA) is 108 Å². The van der Waals surface area contributed by atoms with Crippen molar-refractivity contribution in [1.82, 2.24) is 0 Å². The van der Waals surface area contributed by atoms with E-state index in [1.807, 2.05) is 4.90 Å². The van der Waals surface area contributed by atoms with Crippen LogP contribution in [0.5, 0.6) is 5.75 Å². The maximum Gasteiger partial charge on any atom is 0.339 e. The van der Waals surface area contributed by atoms with Gasteiger partial charge in [-0.25, -0.2) is 4.79 Å². The average Bonchev–Trinajstić information content (AvgIpc) is 2.78. The highest BCUT2D eigenvalue weighted by Gasteiger charge is 2.26. The lowest BCUT2D eigenvalue weighted by Crippen LogP contribution is -2.36. The molecule has 0 N–H and O–H groups in total. The second-order valence-electron chi connectivity index (χ2n) is 6.70. The molecule has 1 atom stereocenters. The number of Topliss-reactive ketones (excluding diaryl/α,β-unsaturated/α-hetero) is 1. The van der Waals surface area contributed by atoms with Gasteiger partial charge in [0.25, 0.3) is 5.69 Å². The monoisotopic (exact) mass is 414 g/mol. The van der Waals surface area contributed by atoms with Crippen LogP contribution in [0.4, 0.5) is 11.4 Å². The number of rotatable bonds is 7. The van der Waals surface area contributed by atoms with Crippen LogP contribution in [0.15, 0.2) is 42.5 Å². The maximum atomic E-state index is 12.5. The van der Waals surface area contributed by atoms with Crippen molar-refractivity contribution in [2.24, 2.45) is 0 Å². The molecule has 1 fully saturated rings. The predicted molar refractivity (Wildman–Crippen MR) is 108 cm³/mol. The molecule has 2 aromatic rings. The predicted octanol–water partition coefficient (Wildman–Crippen LogP) is 2.87. The minimum atomic E-state index is -1.05. The maximum absolute atomic E-state index is 12.5. The molecule has 0 aliphatic carbocycles. The Kier molecular flexibility index (Phi) is 6.63. The van der Waals surface area contributed by atoms with Gasteiger partial charge in [-0.2, -0.15) is 0 Å². The molecule has 30 heavy (non-hydrogen) atoms. The number of ether oxygens (including phenoxy) is 3. The second kappa shape index (κ2) is 9.36. The molecule has 0 amide bonds. The summed E-state index contributed by atoms with van der Waals surface area (Å²) >= 11 is 0. The molecule has 0 spiro atoms. The third kappa shape index (κ3) is 4.74. The first kappa shape index (κ1) is 21.3. The molecule has 1 aliphatic rings. The van der Waals surface area contributed by atoms with E-state index in [0.29, 0.717) is 43.3 Å². The number of hydrogen-bond donors (Lipinski definition) is 0. The summed E-state index contributed by atoms with van der Waals surface area (Å²) in [6.07, 6.45) is -1.05. The number of esters is 1. The molecule has 0 saturated carbocycles. The Morgan fingerprint density at radius 3 is 2.33 bits per heavy atom. The molecule has 1 saturated heterocycles. The van der Waals surface area contributed by atoms with Gasteiger partial charge in [-0.05, 0) is 43.3 Å². The molecule has 1 aliphatic heterocycles. The summed E-state index contributed by atoms with van der Waals surface area (Å²) in [6.45, 7) is 3.47. The molecule has 9 nitrogen and oxygen atoms in total. The number of morpholine rings is 1. The van der Waals surface area contributed by atoms with Crippen molar-refractivity contribution in [3.05, 3.63) is 63.7 Å². The number of anilines is 1. The minimum Gasteiger partial charge on any atom is -0.497 e. The fourth-order valence-corrected chi connectivity index (χ4v) is 3.14. The highest BCUT2D eigenvalue weighted by molar-refractivity contribution is 6.01. The first-order valence-corrected chi connectivity index (χ1v) is 9.41. The number of nitro benzene ring substituents is 1. The van der Waals surface area contributed by atoms with Gasteiger partial charge in [0, 0.05) is 24.7 Å². The van der Waals surface area contributed by atoms with Crippen molar-refractivity contribution >= 4 is 23.1 Å². The van der Waals surface area contributed by atoms with Crippen LogP contribution in [0.2, 0.25) is 0 Å². The summed E-state index contributed by atoms with van der Waals surface area (Å²) in [4.78, 5) is 37.8. The van der Waals surface area contributed by atoms with Crippen LogP contribution in [-0.2, 0) is 9.47 Å². The van der Waals surface area contributed by atoms with E-state index >= 15 is 0 Å². The van der Waals surface area contributed by atoms with Crippen molar-refractivity contribution < 1.29 is 28.7 Å². The Hall–Kier alpha value is -3.46. The molecule has 0 unspecified atom stereocenters. The highest BCUT2D eigenvalue weighted by Crippen LogP contribution is 2.30. The van der Waals surface area contributed by atoms with Gasteiger partial charge in [-0.3, -0.25) is 14.9 Å². The summed E-state index contributed by atoms with van der Waals surface area (Å²) in [5, 5.41) is 11.5. The zero-order chi connectivity index (χ0) is 21.7. The van der Waals surface area contributed by atoms with Crippen LogP contribution in [0, 0.1) is 10.1 Å². The normalized spacial score (nSPS) is 14.7. The standard InChI is InChI=1S/C21H22N2O7/c1-14(20(24)15-3-6-17(28-2)7-4-15)30-21(25)16-5-8-18(19(13-16)23(26)27)22-9-11-29-12-10-22/h3-8,13-14H,9-12H2,1-2H3/t14-/m1/s1. The summed E-state index contributed by atoms with van der Waals surface area (Å²) < 4.78 is 15.6. The Morgan fingerprint density at radius 1 is 1.10 bits per heavy atom. The number of hydrogen-bond acceptors (Lipinski definition) is 8. The van der Waals surface area contributed by atoms with Gasteiger partial charge in [0.2, 0.25) is 5.78 Å². The Balaban J connectivity index is 1.74. The SMILES string of the molecule is COc1ccc(C(=O)[C@@H](C)OC(=O)c2ccc(N3CCOCC3)c([N+](=O)[O-])c2)cc1. The van der Waals surface area contributed by atoms with Crippen molar-refractivity contribution in [1.29, 1.82) is 0 Å². The number of carbonyl (C=O) groups excluding carboxylic acids is 2. The Morgan fingerprint density at radius 2 is 1.73 bits per heavy atom. The lowest BCUT2D eigenvalue weighted by atomic mass is 10.1. The first-order chi connectivity index (χ1) is 14.4. The van der Waals surface area contributed by atoms with Crippen LogP contribution in [-0.4, -0.2) is 56.2 Å². The third-order valence-electron chi connectivity index (χ3n) is 4.79. The molecule has 9 heteroatoms. The lowest BCUT2D eigenvalue weighted by Gasteiger charge is -2.28. The van der Waals surface area contributed by atoms with E-state index in [2.05, 4.69) is 0 Å². The van der Waals surface area contributed by atoms with Gasteiger partial charge in [0.05, 0.1) is 30.8 Å². The van der Waals surface area contributed by atoms with E-state index in [4.69, 9.17) is 14.2 Å². The number of benzene rings is 2. The molecule has 2 aromatic carbocycles. The van der Waals surface area contributed by atoms with Gasteiger partial charge < -0.3 is 19.1 Å². The lowest BCUT2D eigenvalue weighted by molar-refractivity contribution is -0.384. The summed E-state index contributed by atoms with van der Waals surface area (Å²) in [5.74, 6) is -0.588. The van der Waals surface area contributed by atoms with E-state index in [-0.39, 0.29) is 17.0 Å². The quantitative estimate of drug-likeness (QED) is 0.295. The average molecular weight is 414 g/mol. The number of nitro groups is 1. The number of methoxy groups -OCH3 is 1. The van der Waals surface area contributed by atoms with Crippen LogP contribution in [0.1, 0.15) is 27.6 Å². The smallest absolute Gasteiger partial charge is 0.339 e. The molecule has 3 rings (SSSR count). The molecule has 0 aromatic heterocycles. The van der Waals surface area contributed by atoms with Gasteiger partial charge in [-0.1, -0.05) is 0 Å². The summed E-state index contributed by atoms with van der Waals surface area (Å²) in [6, 6.07) is 10.6. The largest absolute Gasteiger partial charge is 0.497 e. The first-order valence-electron chi connectivity index (χ1n) is 9.41. The van der Waals surface area contributed by atoms with Gasteiger partial charge >= 0.3 is 5.97 Å². The number of ketones is 1. The van der Waals surface area contributed by atoms with Crippen molar-refractivity contribution in [2.75, 3.05) is 38.3 Å². The Labute approximate surface area is 173 Å². The third-order valence-corrected chi connectivity index (χ3v) is 4.79. The van der Waals surface area contributed by atoms with Crippen LogP contribution in [0.3, 0.4) is 0 Å². The molecule has 0 bridgehead atoms. The minimum absolute atomic E-state index is 0.00749.